The molecule has 0 spiro atoms. The fourth-order valence-corrected chi connectivity index (χ4v) is 4.24. The largest absolute Gasteiger partial charge is 0.0625 e. The normalized spacial score (nSPS) is 21.2. The maximum Gasteiger partial charge on any atom is -0.0216 e. The summed E-state index contributed by atoms with van der Waals surface area (Å²) in [7, 11) is 0. The van der Waals surface area contributed by atoms with Gasteiger partial charge in [-0.3, -0.25) is 0 Å². The molecule has 23 heavy (non-hydrogen) atoms. The molecule has 0 N–H and O–H groups in total. The molecule has 2 rings (SSSR count). The van der Waals surface area contributed by atoms with Crippen molar-refractivity contribution in [3.8, 4) is 0 Å². The molecule has 0 bridgehead atoms. The van der Waals surface area contributed by atoms with Crippen molar-refractivity contribution in [3.05, 3.63) is 35.4 Å². The van der Waals surface area contributed by atoms with Gasteiger partial charge in [0.05, 0.1) is 0 Å². The summed E-state index contributed by atoms with van der Waals surface area (Å²) in [6, 6.07) is 8.72. The zero-order chi connectivity index (χ0) is 17.6. The average molecular weight is 317 g/mol. The Kier molecular flexibility index (Phi) is 8.37. The summed E-state index contributed by atoms with van der Waals surface area (Å²) in [6.45, 7) is 18.5. The first-order valence-corrected chi connectivity index (χ1v) is 9.84. The van der Waals surface area contributed by atoms with Crippen molar-refractivity contribution in [2.45, 2.75) is 86.5 Å². The lowest BCUT2D eigenvalue weighted by molar-refractivity contribution is 0.235. The van der Waals surface area contributed by atoms with Crippen LogP contribution in [0.15, 0.2) is 24.3 Å². The highest BCUT2D eigenvalue weighted by molar-refractivity contribution is 5.31. The van der Waals surface area contributed by atoms with E-state index in [0.717, 1.165) is 23.7 Å². The van der Waals surface area contributed by atoms with Crippen LogP contribution >= 0.6 is 0 Å². The van der Waals surface area contributed by atoms with Gasteiger partial charge in [0, 0.05) is 0 Å². The van der Waals surface area contributed by atoms with Crippen LogP contribution in [0.2, 0.25) is 0 Å². The Morgan fingerprint density at radius 1 is 0.652 bits per heavy atom. The van der Waals surface area contributed by atoms with Gasteiger partial charge in [0.1, 0.15) is 0 Å². The van der Waals surface area contributed by atoms with E-state index in [-0.39, 0.29) is 0 Å². The number of hydrogen-bond acceptors (Lipinski definition) is 0. The van der Waals surface area contributed by atoms with Crippen molar-refractivity contribution in [3.63, 3.8) is 0 Å². The zero-order valence-electron chi connectivity index (χ0n) is 16.9. The van der Waals surface area contributed by atoms with Crippen LogP contribution in [-0.4, -0.2) is 0 Å². The molecule has 0 saturated heterocycles. The molecule has 0 heteroatoms. The van der Waals surface area contributed by atoms with Gasteiger partial charge >= 0.3 is 0 Å². The van der Waals surface area contributed by atoms with Crippen molar-refractivity contribution in [1.29, 1.82) is 0 Å². The van der Waals surface area contributed by atoms with Crippen LogP contribution in [-0.2, 0) is 0 Å². The molecule has 0 radical (unpaired) electrons. The van der Waals surface area contributed by atoms with E-state index in [1.807, 2.05) is 0 Å². The first kappa shape index (κ1) is 20.3. The zero-order valence-corrected chi connectivity index (χ0v) is 16.9. The van der Waals surface area contributed by atoms with Crippen molar-refractivity contribution in [1.82, 2.24) is 0 Å². The number of rotatable bonds is 4. The molecule has 132 valence electrons. The Morgan fingerprint density at radius 3 is 1.26 bits per heavy atom. The van der Waals surface area contributed by atoms with E-state index in [4.69, 9.17) is 0 Å². The van der Waals surface area contributed by atoms with Crippen LogP contribution in [0, 0.1) is 23.7 Å². The maximum atomic E-state index is 2.38. The van der Waals surface area contributed by atoms with Gasteiger partial charge in [-0.2, -0.15) is 0 Å². The maximum absolute atomic E-state index is 2.38. The minimum absolute atomic E-state index is 0.642. The Labute approximate surface area is 146 Å². The Morgan fingerprint density at radius 2 is 1.00 bits per heavy atom. The molecule has 1 aliphatic rings. The molecule has 1 saturated carbocycles. The quantitative estimate of drug-likeness (QED) is 0.535. The smallest absolute Gasteiger partial charge is 0.0216 e. The molecule has 1 aliphatic carbocycles. The Balaban J connectivity index is 0.000000231. The molecule has 1 aromatic carbocycles. The highest BCUT2D eigenvalue weighted by atomic mass is 14.4. The second-order valence-corrected chi connectivity index (χ2v) is 8.68. The van der Waals surface area contributed by atoms with Crippen molar-refractivity contribution in [2.75, 3.05) is 0 Å². The summed E-state index contributed by atoms with van der Waals surface area (Å²) in [5.74, 6) is 5.15. The number of hydrogen-bond donors (Lipinski definition) is 0. The van der Waals surface area contributed by atoms with Crippen molar-refractivity contribution >= 4 is 0 Å². The fraction of sp³-hybridized carbons (Fsp3) is 0.739. The summed E-state index contributed by atoms with van der Waals surface area (Å²) < 4.78 is 0. The van der Waals surface area contributed by atoms with Crippen LogP contribution in [0.5, 0.6) is 0 Å². The van der Waals surface area contributed by atoms with Gasteiger partial charge in [0.15, 0.2) is 0 Å². The van der Waals surface area contributed by atoms with Crippen LogP contribution in [0.1, 0.15) is 97.6 Å². The van der Waals surface area contributed by atoms with E-state index in [1.165, 1.54) is 30.4 Å². The predicted octanol–water partition coefficient (Wildman–Crippen LogP) is 7.65. The molecule has 1 aromatic rings. The lowest BCUT2D eigenvalue weighted by atomic mass is 9.80. The Bertz CT molecular complexity index is 398. The lowest BCUT2D eigenvalue weighted by Gasteiger charge is -2.26. The SMILES string of the molecule is CC(C)C1CCCC1C(C)C.CC(C)c1ccccc1C(C)C. The highest BCUT2D eigenvalue weighted by Gasteiger charge is 2.31. The Hall–Kier alpha value is -0.780. The van der Waals surface area contributed by atoms with Crippen LogP contribution in [0.4, 0.5) is 0 Å². The monoisotopic (exact) mass is 316 g/mol. The highest BCUT2D eigenvalue weighted by Crippen LogP contribution is 2.40. The van der Waals surface area contributed by atoms with E-state index in [1.54, 1.807) is 0 Å². The van der Waals surface area contributed by atoms with Gasteiger partial charge in [-0.25, -0.2) is 0 Å². The summed E-state index contributed by atoms with van der Waals surface area (Å²) in [5.41, 5.74) is 2.99. The molecule has 2 unspecified atom stereocenters. The molecular formula is C23H40. The fourth-order valence-electron chi connectivity index (χ4n) is 4.24. The molecule has 0 nitrogen and oxygen atoms in total. The van der Waals surface area contributed by atoms with E-state index in [2.05, 4.69) is 79.7 Å². The number of benzene rings is 1. The van der Waals surface area contributed by atoms with Gasteiger partial charge in [0.2, 0.25) is 0 Å². The summed E-state index contributed by atoms with van der Waals surface area (Å²) in [6.07, 6.45) is 4.45. The second kappa shape index (κ2) is 9.50. The lowest BCUT2D eigenvalue weighted by Crippen LogP contribution is -2.18. The van der Waals surface area contributed by atoms with Crippen molar-refractivity contribution in [2.24, 2.45) is 23.7 Å². The van der Waals surface area contributed by atoms with E-state index in [0.29, 0.717) is 11.8 Å². The first-order valence-electron chi connectivity index (χ1n) is 9.84. The van der Waals surface area contributed by atoms with Crippen LogP contribution < -0.4 is 0 Å². The van der Waals surface area contributed by atoms with Gasteiger partial charge in [-0.15, -0.1) is 0 Å². The van der Waals surface area contributed by atoms with Gasteiger partial charge in [0.25, 0.3) is 0 Å². The third-order valence-electron chi connectivity index (χ3n) is 5.58. The summed E-state index contributed by atoms with van der Waals surface area (Å²) in [4.78, 5) is 0. The second-order valence-electron chi connectivity index (χ2n) is 8.68. The topological polar surface area (TPSA) is 0 Å². The first-order chi connectivity index (χ1) is 10.8. The molecular weight excluding hydrogens is 276 g/mol. The van der Waals surface area contributed by atoms with Gasteiger partial charge < -0.3 is 0 Å². The molecule has 1 fully saturated rings. The van der Waals surface area contributed by atoms with Crippen molar-refractivity contribution < 1.29 is 0 Å². The van der Waals surface area contributed by atoms with Gasteiger partial charge in [-0.05, 0) is 59.5 Å². The minimum Gasteiger partial charge on any atom is -0.0625 e. The van der Waals surface area contributed by atoms with Crippen LogP contribution in [0.3, 0.4) is 0 Å². The average Bonchev–Trinajstić information content (AvgIpc) is 2.97. The predicted molar refractivity (Wildman–Crippen MR) is 105 cm³/mol. The third kappa shape index (κ3) is 5.98. The van der Waals surface area contributed by atoms with E-state index >= 15 is 0 Å². The summed E-state index contributed by atoms with van der Waals surface area (Å²) in [5, 5.41) is 0. The van der Waals surface area contributed by atoms with Gasteiger partial charge in [-0.1, -0.05) is 86.1 Å². The third-order valence-corrected chi connectivity index (χ3v) is 5.58. The standard InChI is InChI=1S/C12H18.C11H22/c1-9(2)11-7-5-6-8-12(11)10(3)4;1-8(2)10-6-5-7-11(10)9(3)4/h5-10H,1-4H3;8-11H,5-7H2,1-4H3. The molecule has 0 aliphatic heterocycles. The summed E-state index contributed by atoms with van der Waals surface area (Å²) >= 11 is 0. The van der Waals surface area contributed by atoms with Crippen LogP contribution in [0.25, 0.3) is 0 Å². The van der Waals surface area contributed by atoms with E-state index in [9.17, 15) is 0 Å². The molecule has 0 heterocycles. The van der Waals surface area contributed by atoms with E-state index < -0.39 is 0 Å². The molecule has 0 aromatic heterocycles. The molecule has 0 amide bonds. The molecule has 2 atom stereocenters. The minimum atomic E-state index is 0.642.